The Bertz CT molecular complexity index is 1040. The molecule has 27 heavy (non-hydrogen) atoms. The second-order valence-electron chi connectivity index (χ2n) is 6.74. The van der Waals surface area contributed by atoms with Crippen LogP contribution in [0, 0.1) is 24.1 Å². The molecule has 136 valence electrons. The van der Waals surface area contributed by atoms with Crippen molar-refractivity contribution in [2.45, 2.75) is 32.1 Å². The fourth-order valence-electron chi connectivity index (χ4n) is 3.89. The van der Waals surface area contributed by atoms with Crippen LogP contribution in [0.25, 0.3) is 0 Å². The number of allylic oxidation sites excluding steroid dienone is 3. The van der Waals surface area contributed by atoms with Crippen molar-refractivity contribution in [2.24, 2.45) is 5.73 Å². The Morgan fingerprint density at radius 1 is 1.30 bits per heavy atom. The van der Waals surface area contributed by atoms with Crippen LogP contribution >= 0.6 is 11.3 Å². The van der Waals surface area contributed by atoms with Crippen molar-refractivity contribution in [3.05, 3.63) is 74.6 Å². The van der Waals surface area contributed by atoms with Gasteiger partial charge in [-0.1, -0.05) is 6.07 Å². The van der Waals surface area contributed by atoms with Gasteiger partial charge < -0.3 is 5.73 Å². The molecule has 4 rings (SSSR count). The summed E-state index contributed by atoms with van der Waals surface area (Å²) in [5.74, 6) is -0.526. The highest BCUT2D eigenvalue weighted by molar-refractivity contribution is 7.12. The van der Waals surface area contributed by atoms with Crippen LogP contribution in [-0.2, 0) is 4.79 Å². The van der Waals surface area contributed by atoms with Crippen LogP contribution < -0.4 is 10.6 Å². The zero-order chi connectivity index (χ0) is 19.1. The highest BCUT2D eigenvalue weighted by Gasteiger charge is 2.40. The normalized spacial score (nSPS) is 20.0. The molecule has 2 N–H and O–H groups in total. The monoisotopic (exact) mass is 379 g/mol. The summed E-state index contributed by atoms with van der Waals surface area (Å²) in [6.45, 7) is 1.99. The molecule has 0 saturated heterocycles. The van der Waals surface area contributed by atoms with E-state index in [0.29, 0.717) is 29.7 Å². The summed E-state index contributed by atoms with van der Waals surface area (Å²) < 4.78 is 13.8. The molecule has 1 unspecified atom stereocenters. The SMILES string of the molecule is Cc1ccc(C2C(C#N)=C(N)N(c3cccc(F)c3)C3=C2C(=O)CCC3)s1. The quantitative estimate of drug-likeness (QED) is 0.834. The summed E-state index contributed by atoms with van der Waals surface area (Å²) in [7, 11) is 0. The van der Waals surface area contributed by atoms with Gasteiger partial charge in [0.1, 0.15) is 11.6 Å². The second kappa shape index (κ2) is 6.67. The van der Waals surface area contributed by atoms with Gasteiger partial charge in [-0.25, -0.2) is 4.39 Å². The Morgan fingerprint density at radius 2 is 2.11 bits per heavy atom. The minimum Gasteiger partial charge on any atom is -0.384 e. The van der Waals surface area contributed by atoms with Crippen molar-refractivity contribution in [1.29, 1.82) is 5.26 Å². The molecule has 2 aliphatic rings. The highest BCUT2D eigenvalue weighted by atomic mass is 32.1. The number of thiophene rings is 1. The lowest BCUT2D eigenvalue weighted by atomic mass is 9.78. The molecule has 6 heteroatoms. The van der Waals surface area contributed by atoms with Gasteiger partial charge in [0.25, 0.3) is 0 Å². The largest absolute Gasteiger partial charge is 0.384 e. The Hall–Kier alpha value is -2.91. The standard InChI is InChI=1S/C21H18FN3OS/c1-12-8-9-18(27-12)19-15(11-23)21(24)25(14-5-2-4-13(22)10-14)16-6-3-7-17(26)20(16)19/h2,4-5,8-10,19H,3,6-7,24H2,1H3. The number of nitriles is 1. The van der Waals surface area contributed by atoms with Crippen LogP contribution in [0.15, 0.2) is 59.1 Å². The molecule has 1 aliphatic heterocycles. The number of nitrogens with zero attached hydrogens (tertiary/aromatic N) is 2. The third-order valence-electron chi connectivity index (χ3n) is 5.03. The number of rotatable bonds is 2. The zero-order valence-corrected chi connectivity index (χ0v) is 15.6. The summed E-state index contributed by atoms with van der Waals surface area (Å²) >= 11 is 1.57. The maximum atomic E-state index is 13.8. The van der Waals surface area contributed by atoms with E-state index >= 15 is 0 Å². The van der Waals surface area contributed by atoms with E-state index < -0.39 is 5.92 Å². The first-order chi connectivity index (χ1) is 13.0. The maximum absolute atomic E-state index is 13.8. The molecule has 1 aliphatic carbocycles. The van der Waals surface area contributed by atoms with Crippen LogP contribution in [0.5, 0.6) is 0 Å². The van der Waals surface area contributed by atoms with Crippen molar-refractivity contribution >= 4 is 22.8 Å². The molecule has 0 amide bonds. The molecule has 0 saturated carbocycles. The van der Waals surface area contributed by atoms with Crippen LogP contribution in [0.3, 0.4) is 0 Å². The summed E-state index contributed by atoms with van der Waals surface area (Å²) in [4.78, 5) is 16.6. The van der Waals surface area contributed by atoms with Crippen LogP contribution in [0.1, 0.15) is 34.9 Å². The highest BCUT2D eigenvalue weighted by Crippen LogP contribution is 2.47. The van der Waals surface area contributed by atoms with E-state index in [1.165, 1.54) is 12.1 Å². The lowest BCUT2D eigenvalue weighted by Crippen LogP contribution is -2.38. The Morgan fingerprint density at radius 3 is 2.78 bits per heavy atom. The topological polar surface area (TPSA) is 70.1 Å². The molecular weight excluding hydrogens is 361 g/mol. The molecule has 0 bridgehead atoms. The Balaban J connectivity index is 1.97. The third-order valence-corrected chi connectivity index (χ3v) is 6.09. The Labute approximate surface area is 161 Å². The number of carbonyl (C=O) groups is 1. The minimum absolute atomic E-state index is 0.0361. The molecule has 2 aromatic rings. The molecule has 4 nitrogen and oxygen atoms in total. The molecule has 1 atom stereocenters. The molecule has 1 aromatic heterocycles. The van der Waals surface area contributed by atoms with Crippen molar-refractivity contribution < 1.29 is 9.18 Å². The maximum Gasteiger partial charge on any atom is 0.161 e. The molecule has 1 aromatic carbocycles. The first-order valence-corrected chi connectivity index (χ1v) is 9.61. The number of hydrogen-bond donors (Lipinski definition) is 1. The van der Waals surface area contributed by atoms with Crippen LogP contribution in [0.4, 0.5) is 10.1 Å². The average Bonchev–Trinajstić information content (AvgIpc) is 3.07. The molecule has 2 heterocycles. The van der Waals surface area contributed by atoms with Gasteiger partial charge in [0, 0.05) is 27.4 Å². The lowest BCUT2D eigenvalue weighted by molar-refractivity contribution is -0.116. The first kappa shape index (κ1) is 17.5. The number of anilines is 1. The van der Waals surface area contributed by atoms with E-state index in [2.05, 4.69) is 6.07 Å². The fourth-order valence-corrected chi connectivity index (χ4v) is 4.89. The van der Waals surface area contributed by atoms with Crippen molar-refractivity contribution in [3.8, 4) is 6.07 Å². The number of hydrogen-bond acceptors (Lipinski definition) is 5. The molecule has 0 spiro atoms. The third kappa shape index (κ3) is 2.84. The van der Waals surface area contributed by atoms with Gasteiger partial charge in [-0.3, -0.25) is 9.69 Å². The lowest BCUT2D eigenvalue weighted by Gasteiger charge is -2.39. The van der Waals surface area contributed by atoms with E-state index in [0.717, 1.165) is 21.9 Å². The van der Waals surface area contributed by atoms with Gasteiger partial charge in [0.15, 0.2) is 5.78 Å². The van der Waals surface area contributed by atoms with E-state index in [1.54, 1.807) is 28.4 Å². The summed E-state index contributed by atoms with van der Waals surface area (Å²) in [5.41, 5.74) is 8.70. The van der Waals surface area contributed by atoms with Gasteiger partial charge >= 0.3 is 0 Å². The van der Waals surface area contributed by atoms with Gasteiger partial charge in [0.2, 0.25) is 0 Å². The number of halogens is 1. The molecule has 0 fully saturated rings. The predicted molar refractivity (Wildman–Crippen MR) is 103 cm³/mol. The number of aryl methyl sites for hydroxylation is 1. The summed E-state index contributed by atoms with van der Waals surface area (Å²) in [5, 5.41) is 9.88. The van der Waals surface area contributed by atoms with Gasteiger partial charge in [-0.2, -0.15) is 5.26 Å². The van der Waals surface area contributed by atoms with Crippen molar-refractivity contribution in [3.63, 3.8) is 0 Å². The summed E-state index contributed by atoms with van der Waals surface area (Å²) in [6, 6.07) is 12.2. The van der Waals surface area contributed by atoms with Crippen LogP contribution in [-0.4, -0.2) is 5.78 Å². The minimum atomic E-state index is -0.443. The predicted octanol–water partition coefficient (Wildman–Crippen LogP) is 4.50. The van der Waals surface area contributed by atoms with E-state index in [-0.39, 0.29) is 17.4 Å². The van der Waals surface area contributed by atoms with Crippen molar-refractivity contribution in [2.75, 3.05) is 4.90 Å². The van der Waals surface area contributed by atoms with E-state index in [9.17, 15) is 14.4 Å². The second-order valence-corrected chi connectivity index (χ2v) is 8.06. The smallest absolute Gasteiger partial charge is 0.161 e. The zero-order valence-electron chi connectivity index (χ0n) is 14.8. The number of Topliss-reactive ketones (excluding diaryl/α,β-unsaturated/α-hetero) is 1. The van der Waals surface area contributed by atoms with Gasteiger partial charge in [-0.05, 0) is 50.1 Å². The van der Waals surface area contributed by atoms with Gasteiger partial charge in [0.05, 0.1) is 23.2 Å². The molecular formula is C21H18FN3OS. The number of carbonyl (C=O) groups excluding carboxylic acids is 1. The van der Waals surface area contributed by atoms with Crippen LogP contribution in [0.2, 0.25) is 0 Å². The first-order valence-electron chi connectivity index (χ1n) is 8.79. The number of nitrogens with two attached hydrogens (primary N) is 1. The van der Waals surface area contributed by atoms with E-state index in [1.807, 2.05) is 19.1 Å². The number of benzene rings is 1. The fraction of sp³-hybridized carbons (Fsp3) is 0.238. The molecule has 0 radical (unpaired) electrons. The summed E-state index contributed by atoms with van der Waals surface area (Å²) in [6.07, 6.45) is 1.84. The van der Waals surface area contributed by atoms with Crippen molar-refractivity contribution in [1.82, 2.24) is 0 Å². The average molecular weight is 379 g/mol. The van der Waals surface area contributed by atoms with E-state index in [4.69, 9.17) is 5.73 Å². The Kier molecular flexibility index (Phi) is 4.33. The number of ketones is 1. The van der Waals surface area contributed by atoms with Gasteiger partial charge in [-0.15, -0.1) is 11.3 Å².